The molecule has 0 saturated heterocycles. The normalized spacial score (nSPS) is 16.7. The van der Waals surface area contributed by atoms with Crippen molar-refractivity contribution in [2.24, 2.45) is 5.92 Å². The Morgan fingerprint density at radius 1 is 0.900 bits per heavy atom. The second kappa shape index (κ2) is 17.9. The number of rotatable bonds is 19. The minimum atomic E-state index is -2.40. The summed E-state index contributed by atoms with van der Waals surface area (Å²) in [6, 6.07) is 0. The molecule has 0 aliphatic heterocycles. The molecule has 1 rings (SSSR count). The fourth-order valence-corrected chi connectivity index (χ4v) is 20.9. The summed E-state index contributed by atoms with van der Waals surface area (Å²) in [5, 5.41) is 0. The van der Waals surface area contributed by atoms with Gasteiger partial charge in [0.1, 0.15) is 0 Å². The van der Waals surface area contributed by atoms with Crippen LogP contribution in [-0.4, -0.2) is 51.6 Å². The molecule has 0 amide bonds. The van der Waals surface area contributed by atoms with E-state index in [1.165, 1.54) is 83.9 Å². The van der Waals surface area contributed by atoms with E-state index in [1.807, 2.05) is 0 Å². The quantitative estimate of drug-likeness (QED) is 0.0964. The monoisotopic (exact) mass is 532 g/mol. The number of hydrogen-bond donors (Lipinski definition) is 0. The van der Waals surface area contributed by atoms with Crippen LogP contribution in [0.4, 0.5) is 0 Å². The van der Waals surface area contributed by atoms with Crippen LogP contribution in [0, 0.1) is 5.92 Å². The van der Waals surface area contributed by atoms with E-state index in [0.29, 0.717) is 32.0 Å². The molecule has 1 unspecified atom stereocenters. The van der Waals surface area contributed by atoms with Gasteiger partial charge in [-0.1, -0.05) is 0 Å². The van der Waals surface area contributed by atoms with Gasteiger partial charge >= 0.3 is 193 Å². The molecule has 1 atom stereocenters. The summed E-state index contributed by atoms with van der Waals surface area (Å²) in [5.41, 5.74) is 0. The third-order valence-electron chi connectivity index (χ3n) is 7.20. The fraction of sp³-hybridized carbons (Fsp3) is 0.923. The molecule has 0 radical (unpaired) electrons. The van der Waals surface area contributed by atoms with Crippen LogP contribution in [0.5, 0.6) is 0 Å². The predicted octanol–water partition coefficient (Wildman–Crippen LogP) is 7.91. The Morgan fingerprint density at radius 2 is 1.47 bits per heavy atom. The van der Waals surface area contributed by atoms with Crippen molar-refractivity contribution >= 4 is 18.4 Å². The molecule has 0 aromatic carbocycles. The van der Waals surface area contributed by atoms with E-state index in [4.69, 9.17) is 20.8 Å². The van der Waals surface area contributed by atoms with Crippen molar-refractivity contribution in [1.82, 2.24) is 0 Å². The van der Waals surface area contributed by atoms with Gasteiger partial charge in [0.25, 0.3) is 0 Å². The van der Waals surface area contributed by atoms with E-state index in [9.17, 15) is 0 Å². The van der Waals surface area contributed by atoms with Crippen LogP contribution < -0.4 is 0 Å². The molecular formula is C26H52O3Sn. The number of unbranched alkanes of at least 4 members (excludes halogenated alkanes) is 3. The Bertz CT molecular complexity index is 399. The number of methoxy groups -OCH3 is 1. The van der Waals surface area contributed by atoms with Crippen LogP contribution in [0.1, 0.15) is 97.8 Å². The van der Waals surface area contributed by atoms with E-state index in [0.717, 1.165) is 6.42 Å². The van der Waals surface area contributed by atoms with Crippen LogP contribution in [-0.2, 0) is 14.2 Å². The fourth-order valence-electron chi connectivity index (χ4n) is 5.11. The Morgan fingerprint density at radius 3 is 1.97 bits per heavy atom. The second-order valence-corrected chi connectivity index (χ2v) is 23.1. The first kappa shape index (κ1) is 28.5. The standard InChI is InChI=1S/C14H25O3.3C4H9.Sn/c1-3-7-14(13-8-5-4-6-9-13)17-12-16-11-10-15-2;3*1-3-4-2;/h13-14H,1,4-12H2,2H3;3*1,3-4H2,2H3;. The Hall–Kier alpha value is 0.419. The number of hydrogen-bond acceptors (Lipinski definition) is 3. The summed E-state index contributed by atoms with van der Waals surface area (Å²) in [6.45, 7) is 13.5. The van der Waals surface area contributed by atoms with Crippen molar-refractivity contribution in [1.29, 1.82) is 0 Å². The zero-order valence-electron chi connectivity index (χ0n) is 20.8. The van der Waals surface area contributed by atoms with Gasteiger partial charge in [-0.05, 0) is 0 Å². The van der Waals surface area contributed by atoms with Crippen molar-refractivity contribution in [3.05, 3.63) is 10.2 Å². The average Bonchev–Trinajstić information content (AvgIpc) is 2.78. The maximum atomic E-state index is 6.40. The molecule has 30 heavy (non-hydrogen) atoms. The third kappa shape index (κ3) is 10.8. The molecule has 0 heterocycles. The topological polar surface area (TPSA) is 27.7 Å². The average molecular weight is 531 g/mol. The van der Waals surface area contributed by atoms with E-state index >= 15 is 0 Å². The molecule has 1 fully saturated rings. The summed E-state index contributed by atoms with van der Waals surface area (Å²) >= 11 is -2.40. The first-order chi connectivity index (χ1) is 14.6. The van der Waals surface area contributed by atoms with Crippen molar-refractivity contribution in [2.45, 2.75) is 117 Å². The summed E-state index contributed by atoms with van der Waals surface area (Å²) in [5.74, 6) is 0.689. The molecule has 1 saturated carbocycles. The summed E-state index contributed by atoms with van der Waals surface area (Å²) in [4.78, 5) is 0. The Kier molecular flexibility index (Phi) is 17.0. The van der Waals surface area contributed by atoms with Gasteiger partial charge in [0.2, 0.25) is 0 Å². The molecule has 0 aromatic rings. The van der Waals surface area contributed by atoms with E-state index < -0.39 is 18.4 Å². The van der Waals surface area contributed by atoms with Crippen molar-refractivity contribution < 1.29 is 14.2 Å². The SMILES string of the molecule is C=[C](CC(OCOCCOC)C1CCCCC1)[Sn]([CH2]CCC)([CH2]CCC)[CH2]CCC. The van der Waals surface area contributed by atoms with Crippen molar-refractivity contribution in [3.8, 4) is 0 Å². The van der Waals surface area contributed by atoms with Gasteiger partial charge in [-0.2, -0.15) is 0 Å². The van der Waals surface area contributed by atoms with Gasteiger partial charge < -0.3 is 0 Å². The van der Waals surface area contributed by atoms with Gasteiger partial charge in [0, 0.05) is 0 Å². The van der Waals surface area contributed by atoms with Crippen molar-refractivity contribution in [2.75, 3.05) is 27.1 Å². The van der Waals surface area contributed by atoms with Crippen LogP contribution in [0.25, 0.3) is 0 Å². The zero-order chi connectivity index (χ0) is 22.1. The third-order valence-corrected chi connectivity index (χ3v) is 23.3. The Balaban J connectivity index is 2.87. The molecule has 1 aliphatic rings. The summed E-state index contributed by atoms with van der Waals surface area (Å²) < 4.78 is 23.4. The van der Waals surface area contributed by atoms with Gasteiger partial charge in [0.05, 0.1) is 0 Å². The molecule has 0 bridgehead atoms. The molecule has 1 aliphatic carbocycles. The van der Waals surface area contributed by atoms with Crippen LogP contribution in [0.15, 0.2) is 10.2 Å². The second-order valence-electron chi connectivity index (χ2n) is 9.52. The maximum absolute atomic E-state index is 6.40. The van der Waals surface area contributed by atoms with Gasteiger partial charge in [-0.15, -0.1) is 0 Å². The molecule has 0 spiro atoms. The van der Waals surface area contributed by atoms with Gasteiger partial charge in [0.15, 0.2) is 0 Å². The number of ether oxygens (including phenoxy) is 3. The molecular weight excluding hydrogens is 479 g/mol. The van der Waals surface area contributed by atoms with E-state index in [2.05, 4.69) is 20.8 Å². The summed E-state index contributed by atoms with van der Waals surface area (Å²) in [7, 11) is 1.72. The molecule has 0 N–H and O–H groups in total. The predicted molar refractivity (Wildman–Crippen MR) is 133 cm³/mol. The minimum absolute atomic E-state index is 0.307. The zero-order valence-corrected chi connectivity index (χ0v) is 23.7. The molecule has 178 valence electrons. The van der Waals surface area contributed by atoms with E-state index in [-0.39, 0.29) is 0 Å². The van der Waals surface area contributed by atoms with E-state index in [1.54, 1.807) is 10.7 Å². The molecule has 0 aromatic heterocycles. The van der Waals surface area contributed by atoms with Gasteiger partial charge in [-0.25, -0.2) is 0 Å². The molecule has 4 heteroatoms. The van der Waals surface area contributed by atoms with Gasteiger partial charge in [-0.3, -0.25) is 0 Å². The summed E-state index contributed by atoms with van der Waals surface area (Å²) in [6.07, 6.45) is 16.3. The first-order valence-corrected chi connectivity index (χ1v) is 20.5. The van der Waals surface area contributed by atoms with Crippen LogP contribution in [0.2, 0.25) is 13.3 Å². The molecule has 3 nitrogen and oxygen atoms in total. The van der Waals surface area contributed by atoms with Crippen molar-refractivity contribution in [3.63, 3.8) is 0 Å². The van der Waals surface area contributed by atoms with Crippen LogP contribution in [0.3, 0.4) is 0 Å². The first-order valence-electron chi connectivity index (χ1n) is 13.0. The Labute approximate surface area is 192 Å². The van der Waals surface area contributed by atoms with Crippen LogP contribution >= 0.6 is 0 Å².